The van der Waals surface area contributed by atoms with Gasteiger partial charge in [0.15, 0.2) is 12.2 Å². The topological polar surface area (TPSA) is 237 Å². The summed E-state index contributed by atoms with van der Waals surface area (Å²) < 4.78 is 68.7. The zero-order valence-electron chi connectivity index (χ0n) is 68.0. The molecule has 0 amide bonds. The first-order chi connectivity index (χ1) is 52.7. The standard InChI is InChI=1S/C89H152O17P2/c1-5-9-13-17-21-25-29-33-37-39-41-43-47-50-54-58-62-66-70-74-87(92)100-80-84(105-88(93)75-71-67-63-59-55-51-46-36-32-28-24-20-16-12-8-4)81-103-107(95,96)101-77-83(90)78-102-108(97,98)104-82-85(79-99-86(91)73-69-65-61-57-53-49-45-35-31-27-23-19-15-11-7-3)106-89(94)76-72-68-64-60-56-52-48-44-42-40-38-34-30-26-22-18-14-10-6-2/h9,13,21-22,25-26,33-34,36-38,41-44,46,50,52,54,56,64,68,83-85,90H,5-8,10-12,14-20,23-24,27-32,35,39-40,45,47-49,51,53,55,57-63,65-67,69-82H2,1-4H3,(H,95,96)(H,97,98)/b13-9-,25-21-,26-22-,37-33-,38-34-,43-41-,44-42-,46-36-,54-50-,56-52-,68-64-/t83-,84-,85-/m1/s1. The molecule has 5 atom stereocenters. The maximum absolute atomic E-state index is 13.1. The highest BCUT2D eigenvalue weighted by atomic mass is 31.2. The summed E-state index contributed by atoms with van der Waals surface area (Å²) in [7, 11) is -10.0. The smallest absolute Gasteiger partial charge is 0.462 e. The van der Waals surface area contributed by atoms with Crippen molar-refractivity contribution in [2.24, 2.45) is 0 Å². The van der Waals surface area contributed by atoms with Crippen molar-refractivity contribution >= 4 is 39.5 Å². The van der Waals surface area contributed by atoms with Gasteiger partial charge < -0.3 is 33.8 Å². The van der Waals surface area contributed by atoms with Gasteiger partial charge in [0.05, 0.1) is 26.4 Å². The SMILES string of the molecule is CC/C=C\C/C=C\C/C=C\C/C=C\C/C=C\CCCCCC(=O)OC[C@H](COP(=O)(O)OC[C@@H](O)COP(=O)(O)OC[C@@H](COC(=O)CCCCCCCCCCCCCCCCC)OC(=O)CC/C=C\C/C=C\C/C=C\C/C=C\C/C=C\CCCCC)OC(=O)CCCCCCC/C=C\CCCCCCCC. The summed E-state index contributed by atoms with van der Waals surface area (Å²) in [6.07, 6.45) is 91.5. The summed E-state index contributed by atoms with van der Waals surface area (Å²) >= 11 is 0. The summed E-state index contributed by atoms with van der Waals surface area (Å²) in [5.41, 5.74) is 0. The lowest BCUT2D eigenvalue weighted by molar-refractivity contribution is -0.161. The molecule has 17 nitrogen and oxygen atoms in total. The molecule has 108 heavy (non-hydrogen) atoms. The van der Waals surface area contributed by atoms with Crippen LogP contribution in [0.5, 0.6) is 0 Å². The Hall–Kier alpha value is -4.80. The number of hydrogen-bond acceptors (Lipinski definition) is 15. The maximum atomic E-state index is 13.1. The highest BCUT2D eigenvalue weighted by Crippen LogP contribution is 2.45. The minimum absolute atomic E-state index is 0.0295. The number of aliphatic hydroxyl groups is 1. The van der Waals surface area contributed by atoms with Gasteiger partial charge in [0, 0.05) is 25.7 Å². The average molecular weight is 1560 g/mol. The molecule has 0 rings (SSSR count). The Morgan fingerprint density at radius 2 is 0.500 bits per heavy atom. The van der Waals surface area contributed by atoms with Crippen molar-refractivity contribution in [3.8, 4) is 0 Å². The second-order valence-corrected chi connectivity index (χ2v) is 30.9. The van der Waals surface area contributed by atoms with Crippen LogP contribution >= 0.6 is 15.6 Å². The first kappa shape index (κ1) is 103. The fourth-order valence-electron chi connectivity index (χ4n) is 11.2. The maximum Gasteiger partial charge on any atom is 0.472 e. The molecule has 2 unspecified atom stereocenters. The van der Waals surface area contributed by atoms with Gasteiger partial charge in [0.2, 0.25) is 0 Å². The van der Waals surface area contributed by atoms with E-state index in [2.05, 4.69) is 143 Å². The molecule has 0 aromatic heterocycles. The minimum Gasteiger partial charge on any atom is -0.462 e. The molecule has 0 fully saturated rings. The van der Waals surface area contributed by atoms with Gasteiger partial charge in [-0.25, -0.2) is 9.13 Å². The Bertz CT molecular complexity index is 2560. The van der Waals surface area contributed by atoms with Crippen molar-refractivity contribution in [1.82, 2.24) is 0 Å². The van der Waals surface area contributed by atoms with E-state index in [-0.39, 0.29) is 25.7 Å². The molecule has 3 N–H and O–H groups in total. The number of carbonyl (C=O) groups excluding carboxylic acids is 4. The molecule has 0 saturated carbocycles. The first-order valence-electron chi connectivity index (χ1n) is 42.4. The predicted octanol–water partition coefficient (Wildman–Crippen LogP) is 25.2. The van der Waals surface area contributed by atoms with Crippen LogP contribution in [0, 0.1) is 0 Å². The highest BCUT2D eigenvalue weighted by Gasteiger charge is 2.30. The Morgan fingerprint density at radius 1 is 0.269 bits per heavy atom. The van der Waals surface area contributed by atoms with Crippen LogP contribution in [-0.2, 0) is 65.4 Å². The minimum atomic E-state index is -5.00. The Kier molecular flexibility index (Phi) is 76.7. The lowest BCUT2D eigenvalue weighted by Crippen LogP contribution is -2.30. The predicted molar refractivity (Wildman–Crippen MR) is 445 cm³/mol. The zero-order chi connectivity index (χ0) is 78.9. The molecule has 0 heterocycles. The first-order valence-corrected chi connectivity index (χ1v) is 45.4. The summed E-state index contributed by atoms with van der Waals surface area (Å²) in [5, 5.41) is 10.7. The van der Waals surface area contributed by atoms with Gasteiger partial charge >= 0.3 is 39.5 Å². The van der Waals surface area contributed by atoms with Crippen LogP contribution in [0.3, 0.4) is 0 Å². The number of ether oxygens (including phenoxy) is 4. The fraction of sp³-hybridized carbons (Fsp3) is 0.708. The number of aliphatic hydroxyl groups excluding tert-OH is 1. The van der Waals surface area contributed by atoms with Crippen molar-refractivity contribution in [3.05, 3.63) is 134 Å². The van der Waals surface area contributed by atoms with Crippen LogP contribution in [0.2, 0.25) is 0 Å². The van der Waals surface area contributed by atoms with Gasteiger partial charge in [-0.1, -0.05) is 322 Å². The van der Waals surface area contributed by atoms with E-state index in [1.807, 2.05) is 18.2 Å². The number of phosphoric acid groups is 2. The van der Waals surface area contributed by atoms with Crippen LogP contribution in [0.25, 0.3) is 0 Å². The molecule has 0 spiro atoms. The van der Waals surface area contributed by atoms with E-state index in [0.717, 1.165) is 141 Å². The molecule has 0 aromatic rings. The Morgan fingerprint density at radius 3 is 0.833 bits per heavy atom. The molecule has 0 aliphatic carbocycles. The summed E-state index contributed by atoms with van der Waals surface area (Å²) in [5.74, 6) is -2.31. The van der Waals surface area contributed by atoms with E-state index in [1.54, 1.807) is 0 Å². The van der Waals surface area contributed by atoms with Crippen LogP contribution in [-0.4, -0.2) is 96.7 Å². The molecule has 0 saturated heterocycles. The lowest BCUT2D eigenvalue weighted by atomic mass is 10.0. The monoisotopic (exact) mass is 1560 g/mol. The van der Waals surface area contributed by atoms with Crippen molar-refractivity contribution in [3.63, 3.8) is 0 Å². The quantitative estimate of drug-likeness (QED) is 0.0169. The van der Waals surface area contributed by atoms with Gasteiger partial charge in [-0.05, 0) is 135 Å². The molecule has 19 heteroatoms. The van der Waals surface area contributed by atoms with E-state index >= 15 is 0 Å². The second-order valence-electron chi connectivity index (χ2n) is 28.0. The van der Waals surface area contributed by atoms with Gasteiger partial charge in [-0.3, -0.25) is 37.3 Å². The molecule has 0 bridgehead atoms. The number of unbranched alkanes of at least 4 members (excludes halogenated alkanes) is 31. The van der Waals surface area contributed by atoms with Crippen molar-refractivity contribution in [1.29, 1.82) is 0 Å². The largest absolute Gasteiger partial charge is 0.472 e. The van der Waals surface area contributed by atoms with Gasteiger partial charge in [0.25, 0.3) is 0 Å². The van der Waals surface area contributed by atoms with E-state index in [1.165, 1.54) is 122 Å². The van der Waals surface area contributed by atoms with Crippen molar-refractivity contribution < 1.29 is 80.2 Å². The second kappa shape index (κ2) is 80.3. The molecule has 0 aromatic carbocycles. The van der Waals surface area contributed by atoms with Crippen LogP contribution in [0.15, 0.2) is 134 Å². The van der Waals surface area contributed by atoms with Crippen LogP contribution < -0.4 is 0 Å². The number of allylic oxidation sites excluding steroid dienone is 22. The lowest BCUT2D eigenvalue weighted by Gasteiger charge is -2.21. The number of rotatable bonds is 79. The number of esters is 4. The normalized spacial score (nSPS) is 14.5. The summed E-state index contributed by atoms with van der Waals surface area (Å²) in [4.78, 5) is 73.2. The van der Waals surface area contributed by atoms with E-state index in [9.17, 15) is 43.2 Å². The van der Waals surface area contributed by atoms with E-state index < -0.39 is 97.5 Å². The fourth-order valence-corrected chi connectivity index (χ4v) is 12.7. The molecule has 620 valence electrons. The van der Waals surface area contributed by atoms with Crippen LogP contribution in [0.1, 0.15) is 349 Å². The van der Waals surface area contributed by atoms with E-state index in [0.29, 0.717) is 32.1 Å². The Labute approximate surface area is 656 Å². The van der Waals surface area contributed by atoms with Gasteiger partial charge in [-0.15, -0.1) is 0 Å². The molecule has 0 aliphatic heterocycles. The number of phosphoric ester groups is 2. The third-order valence-electron chi connectivity index (χ3n) is 17.6. The Balaban J connectivity index is 5.47. The average Bonchev–Trinajstić information content (AvgIpc) is 0.914. The van der Waals surface area contributed by atoms with Crippen molar-refractivity contribution in [2.75, 3.05) is 39.6 Å². The molecule has 0 aliphatic rings. The van der Waals surface area contributed by atoms with Gasteiger partial charge in [-0.2, -0.15) is 0 Å². The summed E-state index contributed by atoms with van der Waals surface area (Å²) in [6, 6.07) is 0. The zero-order valence-corrected chi connectivity index (χ0v) is 69.8. The van der Waals surface area contributed by atoms with Crippen LogP contribution in [0.4, 0.5) is 0 Å². The van der Waals surface area contributed by atoms with Gasteiger partial charge in [0.1, 0.15) is 19.3 Å². The highest BCUT2D eigenvalue weighted by molar-refractivity contribution is 7.47. The number of carbonyl (C=O) groups is 4. The molecular formula is C89H152O17P2. The number of hydrogen-bond donors (Lipinski definition) is 3. The van der Waals surface area contributed by atoms with E-state index in [4.69, 9.17) is 37.0 Å². The summed E-state index contributed by atoms with van der Waals surface area (Å²) in [6.45, 7) is 4.64. The van der Waals surface area contributed by atoms with Crippen molar-refractivity contribution in [2.45, 2.75) is 367 Å². The third kappa shape index (κ3) is 79.3. The molecule has 0 radical (unpaired) electrons. The molecular weight excluding hydrogens is 1400 g/mol. The third-order valence-corrected chi connectivity index (χ3v) is 19.5.